The normalized spacial score (nSPS) is 26.4. The molecular weight excluding hydrogens is 438 g/mol. The molecule has 3 rings (SSSR count). The molecule has 0 amide bonds. The number of ether oxygens (including phenoxy) is 1. The van der Waals surface area contributed by atoms with Gasteiger partial charge >= 0.3 is 0 Å². The average molecular weight is 475 g/mol. The van der Waals surface area contributed by atoms with Crippen LogP contribution in [0.2, 0.25) is 0 Å². The van der Waals surface area contributed by atoms with E-state index in [1.165, 1.54) is 11.6 Å². The standard InChI is InChI=1S/C25H36F2N6O/c1-6-14(2)20-11-33(12-23(20)31-15(3)25(30-5)32-16(4)28)18-10-22(29)24(34-13-18)19-9-17(26)7-8-21(19)27/h7-9,14,18,22,24H,6,10-13,29H2,1-5H3,(H2,28,30,32)/t14?,18?,22?,24-/m1/s1. The molecule has 0 bridgehead atoms. The molecule has 4 atom stereocenters. The number of halogens is 2. The molecule has 34 heavy (non-hydrogen) atoms. The lowest BCUT2D eigenvalue weighted by Gasteiger charge is -2.39. The largest absolute Gasteiger partial charge is 0.387 e. The number of amidine groups is 2. The molecule has 0 radical (unpaired) electrons. The van der Waals surface area contributed by atoms with Crippen LogP contribution in [0.5, 0.6) is 0 Å². The zero-order valence-corrected chi connectivity index (χ0v) is 20.7. The van der Waals surface area contributed by atoms with Crippen LogP contribution < -0.4 is 11.5 Å². The zero-order chi connectivity index (χ0) is 25.0. The van der Waals surface area contributed by atoms with Gasteiger partial charge in [-0.1, -0.05) is 13.8 Å². The summed E-state index contributed by atoms with van der Waals surface area (Å²) in [6.45, 7) is 9.76. The van der Waals surface area contributed by atoms with E-state index in [1.54, 1.807) is 14.0 Å². The monoisotopic (exact) mass is 474 g/mol. The Labute approximate surface area is 200 Å². The van der Waals surface area contributed by atoms with E-state index in [2.05, 4.69) is 28.7 Å². The van der Waals surface area contributed by atoms with E-state index in [9.17, 15) is 8.78 Å². The minimum atomic E-state index is -0.669. The molecule has 7 nitrogen and oxygen atoms in total. The highest BCUT2D eigenvalue weighted by atomic mass is 19.1. The van der Waals surface area contributed by atoms with Crippen molar-refractivity contribution in [3.8, 4) is 0 Å². The van der Waals surface area contributed by atoms with E-state index in [1.807, 2.05) is 6.92 Å². The van der Waals surface area contributed by atoms with Crippen molar-refractivity contribution in [3.05, 3.63) is 46.7 Å². The molecule has 1 aromatic rings. The maximum atomic E-state index is 14.3. The first kappa shape index (κ1) is 26.1. The van der Waals surface area contributed by atoms with Gasteiger partial charge in [0.2, 0.25) is 0 Å². The molecule has 1 aromatic carbocycles. The summed E-state index contributed by atoms with van der Waals surface area (Å²) in [7, 11) is 1.67. The summed E-state index contributed by atoms with van der Waals surface area (Å²) < 4.78 is 34.0. The van der Waals surface area contributed by atoms with Gasteiger partial charge < -0.3 is 16.2 Å². The first-order chi connectivity index (χ1) is 16.1. The van der Waals surface area contributed by atoms with E-state index >= 15 is 0 Å². The fraction of sp³-hybridized carbons (Fsp3) is 0.560. The van der Waals surface area contributed by atoms with Gasteiger partial charge in [-0.25, -0.2) is 13.8 Å². The Hall–Kier alpha value is -2.49. The molecule has 2 aliphatic rings. The van der Waals surface area contributed by atoms with E-state index in [0.717, 1.165) is 30.8 Å². The van der Waals surface area contributed by atoms with Crippen molar-refractivity contribution in [3.63, 3.8) is 0 Å². The van der Waals surface area contributed by atoms with Gasteiger partial charge in [0.1, 0.15) is 17.7 Å². The molecule has 186 valence electrons. The Morgan fingerprint density at radius 1 is 1.26 bits per heavy atom. The molecule has 9 heteroatoms. The number of hydrogen-bond acceptors (Lipinski definition) is 5. The first-order valence-corrected chi connectivity index (χ1v) is 11.8. The highest BCUT2D eigenvalue weighted by Gasteiger charge is 2.37. The van der Waals surface area contributed by atoms with Gasteiger partial charge in [0.15, 0.2) is 5.84 Å². The summed E-state index contributed by atoms with van der Waals surface area (Å²) >= 11 is 0. The molecule has 2 aliphatic heterocycles. The fourth-order valence-corrected chi connectivity index (χ4v) is 4.58. The molecule has 2 heterocycles. The van der Waals surface area contributed by atoms with Gasteiger partial charge in [-0.05, 0) is 56.4 Å². The molecule has 1 fully saturated rings. The number of nitrogens with two attached hydrogens (primary N) is 2. The molecular formula is C25H36F2N6O. The van der Waals surface area contributed by atoms with Crippen molar-refractivity contribution in [1.29, 1.82) is 0 Å². The highest BCUT2D eigenvalue weighted by Crippen LogP contribution is 2.35. The van der Waals surface area contributed by atoms with Crippen LogP contribution in [0.15, 0.2) is 44.4 Å². The number of nitrogens with zero attached hydrogens (tertiary/aromatic N) is 4. The van der Waals surface area contributed by atoms with E-state index in [-0.39, 0.29) is 11.6 Å². The van der Waals surface area contributed by atoms with E-state index in [0.29, 0.717) is 42.9 Å². The van der Waals surface area contributed by atoms with E-state index in [4.69, 9.17) is 21.2 Å². The third kappa shape index (κ3) is 5.95. The van der Waals surface area contributed by atoms with Gasteiger partial charge in [-0.15, -0.1) is 0 Å². The van der Waals surface area contributed by atoms with Crippen LogP contribution in [0.4, 0.5) is 8.78 Å². The van der Waals surface area contributed by atoms with Gasteiger partial charge in [0.05, 0.1) is 23.9 Å². The van der Waals surface area contributed by atoms with Crippen molar-refractivity contribution in [1.82, 2.24) is 4.90 Å². The Morgan fingerprint density at radius 2 is 2.00 bits per heavy atom. The van der Waals surface area contributed by atoms with Crippen LogP contribution in [0.25, 0.3) is 0 Å². The second-order valence-corrected chi connectivity index (χ2v) is 9.16. The van der Waals surface area contributed by atoms with Gasteiger partial charge in [0.25, 0.3) is 0 Å². The highest BCUT2D eigenvalue weighted by molar-refractivity contribution is 6.42. The molecule has 0 saturated carbocycles. The van der Waals surface area contributed by atoms with E-state index < -0.39 is 23.8 Å². The molecule has 0 aromatic heterocycles. The molecule has 0 spiro atoms. The summed E-state index contributed by atoms with van der Waals surface area (Å²) in [6.07, 6.45) is 0.942. The van der Waals surface area contributed by atoms with Crippen LogP contribution in [-0.2, 0) is 4.74 Å². The Morgan fingerprint density at radius 3 is 2.62 bits per heavy atom. The third-order valence-electron chi connectivity index (χ3n) is 6.61. The summed E-state index contributed by atoms with van der Waals surface area (Å²) in [5.41, 5.74) is 15.3. The van der Waals surface area contributed by atoms with Crippen LogP contribution in [0.1, 0.15) is 52.2 Å². The minimum absolute atomic E-state index is 0.0542. The Bertz CT molecular complexity index is 1010. The summed E-state index contributed by atoms with van der Waals surface area (Å²) in [5, 5.41) is 0. The average Bonchev–Trinajstić information content (AvgIpc) is 3.22. The van der Waals surface area contributed by atoms with Crippen molar-refractivity contribution in [2.75, 3.05) is 26.7 Å². The summed E-state index contributed by atoms with van der Waals surface area (Å²) in [5.74, 6) is 0.302. The predicted molar refractivity (Wildman–Crippen MR) is 133 cm³/mol. The maximum Gasteiger partial charge on any atom is 0.170 e. The summed E-state index contributed by atoms with van der Waals surface area (Å²) in [4.78, 5) is 15.7. The number of benzene rings is 1. The molecule has 0 aliphatic carbocycles. The smallest absolute Gasteiger partial charge is 0.170 e. The Kier molecular flexibility index (Phi) is 8.67. The zero-order valence-electron chi connectivity index (χ0n) is 20.7. The van der Waals surface area contributed by atoms with Crippen molar-refractivity contribution >= 4 is 17.4 Å². The van der Waals surface area contributed by atoms with Crippen LogP contribution in [0, 0.1) is 17.6 Å². The lowest BCUT2D eigenvalue weighted by atomic mass is 9.93. The van der Waals surface area contributed by atoms with Crippen molar-refractivity contribution < 1.29 is 13.5 Å². The molecule has 4 N–H and O–H groups in total. The maximum absolute atomic E-state index is 14.3. The van der Waals surface area contributed by atoms with Gasteiger partial charge in [-0.2, -0.15) is 0 Å². The van der Waals surface area contributed by atoms with Gasteiger partial charge in [-0.3, -0.25) is 14.9 Å². The van der Waals surface area contributed by atoms with Crippen molar-refractivity contribution in [2.24, 2.45) is 32.4 Å². The number of aliphatic imine (C=N–C) groups is 3. The second kappa shape index (κ2) is 11.3. The minimum Gasteiger partial charge on any atom is -0.387 e. The fourth-order valence-electron chi connectivity index (χ4n) is 4.58. The molecule has 1 saturated heterocycles. The lowest BCUT2D eigenvalue weighted by molar-refractivity contribution is -0.0466. The van der Waals surface area contributed by atoms with Crippen molar-refractivity contribution in [2.45, 2.75) is 58.7 Å². The second-order valence-electron chi connectivity index (χ2n) is 9.16. The predicted octanol–water partition coefficient (Wildman–Crippen LogP) is 3.60. The third-order valence-corrected chi connectivity index (χ3v) is 6.61. The number of hydrogen-bond donors (Lipinski definition) is 2. The Balaban J connectivity index is 1.77. The summed E-state index contributed by atoms with van der Waals surface area (Å²) in [6, 6.07) is 3.00. The van der Waals surface area contributed by atoms with Crippen LogP contribution in [-0.4, -0.2) is 61.1 Å². The number of rotatable bonds is 6. The lowest BCUT2D eigenvalue weighted by Crippen LogP contribution is -2.49. The van der Waals surface area contributed by atoms with Gasteiger partial charge in [0, 0.05) is 37.8 Å². The first-order valence-electron chi connectivity index (χ1n) is 11.8. The van der Waals surface area contributed by atoms with Crippen LogP contribution >= 0.6 is 0 Å². The van der Waals surface area contributed by atoms with Crippen LogP contribution in [0.3, 0.4) is 0 Å². The quantitative estimate of drug-likeness (QED) is 0.486. The SMILES string of the molecule is CCC(C)C1=C(N=C(C)C(N=C(C)N)=NC)CN(C2CO[C@H](c3cc(F)ccc3F)C(N)C2)C1. The topological polar surface area (TPSA) is 102 Å². The molecule has 3 unspecified atom stereocenters.